The molecule has 0 saturated carbocycles. The molecule has 1 N–H and O–H groups in total. The molecule has 180 valence electrons. The van der Waals surface area contributed by atoms with Gasteiger partial charge in [-0.3, -0.25) is 0 Å². The lowest BCUT2D eigenvalue weighted by atomic mass is 9.98. The van der Waals surface area contributed by atoms with Gasteiger partial charge in [-0.2, -0.15) is 0 Å². The summed E-state index contributed by atoms with van der Waals surface area (Å²) in [6.45, 7) is 0. The number of benzene rings is 5. The molecular weight excluding hydrogens is 467 g/mol. The first-order valence-corrected chi connectivity index (χ1v) is 11.8. The summed E-state index contributed by atoms with van der Waals surface area (Å²) < 4.78 is 26.7. The average molecular weight is 489 g/mol. The first-order valence-electron chi connectivity index (χ1n) is 11.8. The molecule has 0 bridgehead atoms. The van der Waals surface area contributed by atoms with Gasteiger partial charge >= 0.3 is 5.97 Å². The van der Waals surface area contributed by atoms with Crippen LogP contribution in [0.3, 0.4) is 0 Å². The van der Waals surface area contributed by atoms with Crippen LogP contribution in [0.15, 0.2) is 120 Å². The smallest absolute Gasteiger partial charge is 0.349 e. The lowest BCUT2D eigenvalue weighted by Gasteiger charge is -2.16. The van der Waals surface area contributed by atoms with Crippen LogP contribution in [-0.4, -0.2) is 11.1 Å². The van der Waals surface area contributed by atoms with E-state index in [1.165, 1.54) is 12.1 Å². The molecule has 1 aromatic heterocycles. The number of hydrogen-bond acceptors (Lipinski definition) is 3. The summed E-state index contributed by atoms with van der Waals surface area (Å²) in [5.74, 6) is -1.94. The third kappa shape index (κ3) is 4.21. The Morgan fingerprint density at radius 1 is 0.730 bits per heavy atom. The zero-order valence-corrected chi connectivity index (χ0v) is 19.6. The number of rotatable bonds is 6. The molecule has 4 nitrogen and oxygen atoms in total. The predicted octanol–water partition coefficient (Wildman–Crippen LogP) is 8.26. The van der Waals surface area contributed by atoms with Crippen molar-refractivity contribution in [3.63, 3.8) is 0 Å². The van der Waals surface area contributed by atoms with Gasteiger partial charge in [0.05, 0.1) is 0 Å². The lowest BCUT2D eigenvalue weighted by Crippen LogP contribution is -2.18. The number of ether oxygens (including phenoxy) is 1. The molecule has 6 rings (SSSR count). The zero-order valence-electron chi connectivity index (χ0n) is 19.6. The van der Waals surface area contributed by atoms with Crippen molar-refractivity contribution in [1.82, 2.24) is 0 Å². The van der Waals surface area contributed by atoms with Gasteiger partial charge in [0.2, 0.25) is 6.10 Å². The fourth-order valence-corrected chi connectivity index (χ4v) is 4.61. The highest BCUT2D eigenvalue weighted by atomic mass is 19.1. The molecule has 5 heteroatoms. The fourth-order valence-electron chi connectivity index (χ4n) is 4.61. The number of aliphatic carboxylic acids is 1. The van der Waals surface area contributed by atoms with Crippen molar-refractivity contribution in [2.24, 2.45) is 0 Å². The van der Waals surface area contributed by atoms with E-state index in [-0.39, 0.29) is 5.75 Å². The largest absolute Gasteiger partial charge is 0.478 e. The molecular formula is C32H21FO4. The molecule has 1 heterocycles. The lowest BCUT2D eigenvalue weighted by molar-refractivity contribution is -0.145. The third-order valence-electron chi connectivity index (χ3n) is 6.44. The minimum absolute atomic E-state index is 0.117. The van der Waals surface area contributed by atoms with Gasteiger partial charge in [0.15, 0.2) is 11.6 Å². The van der Waals surface area contributed by atoms with Crippen molar-refractivity contribution in [2.45, 2.75) is 6.10 Å². The molecule has 0 fully saturated rings. The Labute approximate surface area is 212 Å². The number of carboxylic acids is 1. The Hall–Kier alpha value is -4.90. The number of fused-ring (bicyclic) bond motifs is 3. The van der Waals surface area contributed by atoms with Crippen LogP contribution in [0.25, 0.3) is 44.2 Å². The summed E-state index contributed by atoms with van der Waals surface area (Å²) in [7, 11) is 0. The van der Waals surface area contributed by atoms with E-state index in [9.17, 15) is 14.3 Å². The number of hydrogen-bond donors (Lipinski definition) is 1. The van der Waals surface area contributed by atoms with E-state index in [1.807, 2.05) is 54.6 Å². The molecule has 0 radical (unpaired) electrons. The van der Waals surface area contributed by atoms with E-state index in [4.69, 9.17) is 9.15 Å². The molecule has 5 aromatic carbocycles. The van der Waals surface area contributed by atoms with Gasteiger partial charge in [0.1, 0.15) is 11.2 Å². The van der Waals surface area contributed by atoms with Crippen LogP contribution >= 0.6 is 0 Å². The van der Waals surface area contributed by atoms with Crippen LogP contribution in [0.2, 0.25) is 0 Å². The molecule has 0 spiro atoms. The Morgan fingerprint density at radius 2 is 1.41 bits per heavy atom. The minimum atomic E-state index is -1.30. The minimum Gasteiger partial charge on any atom is -0.478 e. The predicted molar refractivity (Wildman–Crippen MR) is 142 cm³/mol. The van der Waals surface area contributed by atoms with Crippen molar-refractivity contribution in [2.75, 3.05) is 0 Å². The number of para-hydroxylation sites is 2. The topological polar surface area (TPSA) is 59.7 Å². The molecule has 0 amide bonds. The molecule has 0 aliphatic carbocycles. The third-order valence-corrected chi connectivity index (χ3v) is 6.44. The zero-order chi connectivity index (χ0) is 25.4. The number of halogens is 1. The maximum absolute atomic E-state index is 15.0. The Bertz CT molecular complexity index is 1740. The van der Waals surface area contributed by atoms with Crippen LogP contribution in [0.1, 0.15) is 11.7 Å². The highest BCUT2D eigenvalue weighted by Crippen LogP contribution is 2.36. The van der Waals surface area contributed by atoms with Gasteiger partial charge < -0.3 is 14.3 Å². The molecule has 1 unspecified atom stereocenters. The van der Waals surface area contributed by atoms with Crippen molar-refractivity contribution >= 4 is 27.9 Å². The molecule has 1 atom stereocenters. The van der Waals surface area contributed by atoms with Gasteiger partial charge in [0.25, 0.3) is 0 Å². The average Bonchev–Trinajstić information content (AvgIpc) is 3.32. The van der Waals surface area contributed by atoms with E-state index < -0.39 is 17.9 Å². The SMILES string of the molecule is O=C(O)C(Oc1ccc(-c2ccc(-c3cccc4c3oc3ccccc34)cc2)cc1F)c1ccccc1. The highest BCUT2D eigenvalue weighted by molar-refractivity contribution is 6.09. The van der Waals surface area contributed by atoms with E-state index in [2.05, 4.69) is 12.1 Å². The molecule has 37 heavy (non-hydrogen) atoms. The normalized spacial score (nSPS) is 12.0. The second kappa shape index (κ2) is 9.28. The standard InChI is InChI=1S/C32H21FO4/c33-27-19-23(17-18-29(27)37-30(32(34)35)22-7-2-1-3-8-22)20-13-15-21(16-14-20)24-10-6-11-26-25-9-4-5-12-28(25)36-31(24)26/h1-19,30H,(H,34,35). The van der Waals surface area contributed by atoms with Gasteiger partial charge in [0, 0.05) is 21.9 Å². The summed E-state index contributed by atoms with van der Waals surface area (Å²) in [6.07, 6.45) is -1.30. The Morgan fingerprint density at radius 3 is 2.16 bits per heavy atom. The van der Waals surface area contributed by atoms with Gasteiger partial charge in [-0.15, -0.1) is 0 Å². The van der Waals surface area contributed by atoms with Gasteiger partial charge in [-0.05, 0) is 34.9 Å². The van der Waals surface area contributed by atoms with Crippen LogP contribution in [0.4, 0.5) is 4.39 Å². The second-order valence-electron chi connectivity index (χ2n) is 8.75. The maximum atomic E-state index is 15.0. The summed E-state index contributed by atoms with van der Waals surface area (Å²) in [5, 5.41) is 11.7. The van der Waals surface area contributed by atoms with Crippen molar-refractivity contribution in [3.8, 4) is 28.0 Å². The van der Waals surface area contributed by atoms with Crippen LogP contribution in [-0.2, 0) is 4.79 Å². The highest BCUT2D eigenvalue weighted by Gasteiger charge is 2.23. The Balaban J connectivity index is 1.29. The number of carbonyl (C=O) groups is 1. The molecule has 0 aliphatic heterocycles. The van der Waals surface area contributed by atoms with Gasteiger partial charge in [-0.1, -0.05) is 97.1 Å². The fraction of sp³-hybridized carbons (Fsp3) is 0.0312. The van der Waals surface area contributed by atoms with Crippen molar-refractivity contribution in [1.29, 1.82) is 0 Å². The molecule has 0 saturated heterocycles. The van der Waals surface area contributed by atoms with Crippen LogP contribution in [0.5, 0.6) is 5.75 Å². The first kappa shape index (κ1) is 22.6. The number of furan rings is 1. The van der Waals surface area contributed by atoms with Gasteiger partial charge in [-0.25, -0.2) is 9.18 Å². The van der Waals surface area contributed by atoms with E-state index in [0.717, 1.165) is 38.6 Å². The summed E-state index contributed by atoms with van der Waals surface area (Å²) >= 11 is 0. The summed E-state index contributed by atoms with van der Waals surface area (Å²) in [4.78, 5) is 11.7. The monoisotopic (exact) mass is 488 g/mol. The van der Waals surface area contributed by atoms with E-state index in [0.29, 0.717) is 11.1 Å². The molecule has 6 aromatic rings. The van der Waals surface area contributed by atoms with Crippen molar-refractivity contribution in [3.05, 3.63) is 127 Å². The van der Waals surface area contributed by atoms with Crippen LogP contribution < -0.4 is 4.74 Å². The summed E-state index contributed by atoms with van der Waals surface area (Å²) in [5.41, 5.74) is 5.56. The van der Waals surface area contributed by atoms with Crippen molar-refractivity contribution < 1.29 is 23.4 Å². The second-order valence-corrected chi connectivity index (χ2v) is 8.75. The van der Waals surface area contributed by atoms with E-state index in [1.54, 1.807) is 36.4 Å². The first-order chi connectivity index (χ1) is 18.1. The maximum Gasteiger partial charge on any atom is 0.349 e. The Kier molecular flexibility index (Phi) is 5.66. The molecule has 0 aliphatic rings. The summed E-state index contributed by atoms with van der Waals surface area (Å²) in [6, 6.07) is 34.9. The quantitative estimate of drug-likeness (QED) is 0.256. The van der Waals surface area contributed by atoms with E-state index >= 15 is 0 Å². The number of carboxylic acid groups (broad SMARTS) is 1. The van der Waals surface area contributed by atoms with Crippen LogP contribution in [0, 0.1) is 5.82 Å².